The Labute approximate surface area is 194 Å². The van der Waals surface area contributed by atoms with Crippen molar-refractivity contribution in [1.82, 2.24) is 20.2 Å². The molecule has 0 atom stereocenters. The summed E-state index contributed by atoms with van der Waals surface area (Å²) in [5.41, 5.74) is 0.844. The Morgan fingerprint density at radius 2 is 2.12 bits per heavy atom. The maximum Gasteiger partial charge on any atom is 0.422 e. The molecule has 11 heteroatoms. The molecule has 1 fully saturated rings. The lowest BCUT2D eigenvalue weighted by Gasteiger charge is -2.31. The molecule has 3 heterocycles. The Kier molecular flexibility index (Phi) is 7.58. The van der Waals surface area contributed by atoms with Gasteiger partial charge >= 0.3 is 6.18 Å². The van der Waals surface area contributed by atoms with Crippen LogP contribution in [0.15, 0.2) is 10.6 Å². The predicted molar refractivity (Wildman–Crippen MR) is 116 cm³/mol. The number of carbonyl (C=O) groups excluding carboxylic acids is 1. The average molecular weight is 487 g/mol. The van der Waals surface area contributed by atoms with Gasteiger partial charge in [-0.1, -0.05) is 11.3 Å². The molecule has 1 saturated carbocycles. The Morgan fingerprint density at radius 3 is 2.82 bits per heavy atom. The number of carbonyl (C=O) groups is 1. The van der Waals surface area contributed by atoms with Crippen molar-refractivity contribution >= 4 is 17.2 Å². The third kappa shape index (κ3) is 7.17. The van der Waals surface area contributed by atoms with Gasteiger partial charge in [0.1, 0.15) is 5.76 Å². The van der Waals surface area contributed by atoms with Crippen molar-refractivity contribution in [2.45, 2.75) is 70.6 Å². The monoisotopic (exact) mass is 486 g/mol. The van der Waals surface area contributed by atoms with E-state index < -0.39 is 12.8 Å². The van der Waals surface area contributed by atoms with Gasteiger partial charge in [0, 0.05) is 30.9 Å². The topological polar surface area (TPSA) is 80.5 Å². The molecular weight excluding hydrogens is 457 g/mol. The quantitative estimate of drug-likeness (QED) is 0.607. The molecule has 0 aromatic carbocycles. The minimum absolute atomic E-state index is 0.0273. The van der Waals surface area contributed by atoms with Crippen molar-refractivity contribution < 1.29 is 27.1 Å². The Bertz CT molecular complexity index is 938. The highest BCUT2D eigenvalue weighted by Crippen LogP contribution is 2.32. The van der Waals surface area contributed by atoms with Crippen LogP contribution in [0.1, 0.15) is 54.3 Å². The fraction of sp³-hybridized carbons (Fsp3) is 0.682. The summed E-state index contributed by atoms with van der Waals surface area (Å²) in [5, 5.41) is 3.22. The molecule has 4 rings (SSSR count). The molecule has 0 spiro atoms. The number of nitrogens with zero attached hydrogens (tertiary/aromatic N) is 3. The van der Waals surface area contributed by atoms with Crippen LogP contribution in [0.2, 0.25) is 0 Å². The molecule has 2 aromatic rings. The largest absolute Gasteiger partial charge is 0.460 e. The number of thiazole rings is 1. The second-order valence-electron chi connectivity index (χ2n) is 8.88. The van der Waals surface area contributed by atoms with Gasteiger partial charge in [0.15, 0.2) is 12.5 Å². The molecule has 0 saturated heterocycles. The van der Waals surface area contributed by atoms with Gasteiger partial charge in [-0.3, -0.25) is 9.69 Å². The highest BCUT2D eigenvalue weighted by Gasteiger charge is 2.30. The van der Waals surface area contributed by atoms with Crippen molar-refractivity contribution in [1.29, 1.82) is 0 Å². The molecule has 0 unspecified atom stereocenters. The zero-order valence-corrected chi connectivity index (χ0v) is 19.4. The lowest BCUT2D eigenvalue weighted by Crippen LogP contribution is -2.39. The van der Waals surface area contributed by atoms with Crippen molar-refractivity contribution in [3.8, 4) is 5.19 Å². The van der Waals surface area contributed by atoms with Crippen LogP contribution >= 0.6 is 11.3 Å². The molecule has 7 nitrogen and oxygen atoms in total. The van der Waals surface area contributed by atoms with Crippen molar-refractivity contribution in [2.24, 2.45) is 5.92 Å². The van der Waals surface area contributed by atoms with Gasteiger partial charge in [0.25, 0.3) is 5.19 Å². The summed E-state index contributed by atoms with van der Waals surface area (Å²) >= 11 is 1.23. The Hall–Kier alpha value is -2.14. The van der Waals surface area contributed by atoms with E-state index in [-0.39, 0.29) is 23.6 Å². The second-order valence-corrected chi connectivity index (χ2v) is 9.92. The van der Waals surface area contributed by atoms with E-state index in [1.165, 1.54) is 11.3 Å². The predicted octanol–water partition coefficient (Wildman–Crippen LogP) is 4.05. The first-order chi connectivity index (χ1) is 15.7. The number of hydrogen-bond donors (Lipinski definition) is 1. The van der Waals surface area contributed by atoms with Gasteiger partial charge in [-0.05, 0) is 51.0 Å². The lowest BCUT2D eigenvalue weighted by molar-refractivity contribution is -0.153. The summed E-state index contributed by atoms with van der Waals surface area (Å²) in [4.78, 5) is 23.9. The van der Waals surface area contributed by atoms with Crippen LogP contribution in [0.3, 0.4) is 0 Å². The summed E-state index contributed by atoms with van der Waals surface area (Å²) in [6.07, 6.45) is 3.45. The summed E-state index contributed by atoms with van der Waals surface area (Å²) in [6, 6.07) is 0.209. The van der Waals surface area contributed by atoms with E-state index in [4.69, 9.17) is 9.15 Å². The number of alkyl halides is 3. The fourth-order valence-electron chi connectivity index (χ4n) is 4.51. The number of nitrogens with one attached hydrogen (secondary N) is 1. The summed E-state index contributed by atoms with van der Waals surface area (Å²) in [7, 11) is 0. The number of halogens is 3. The number of amides is 1. The normalized spacial score (nSPS) is 21.6. The molecule has 0 bridgehead atoms. The number of aromatic nitrogens is 2. The van der Waals surface area contributed by atoms with Crippen LogP contribution in [-0.2, 0) is 24.2 Å². The van der Waals surface area contributed by atoms with Gasteiger partial charge in [-0.15, -0.1) is 0 Å². The number of ether oxygens (including phenoxy) is 1. The third-order valence-corrected chi connectivity index (χ3v) is 7.29. The third-order valence-electron chi connectivity index (χ3n) is 6.22. The first kappa shape index (κ1) is 24.0. The van der Waals surface area contributed by atoms with E-state index in [0.717, 1.165) is 62.2 Å². The van der Waals surface area contributed by atoms with Crippen LogP contribution in [0.25, 0.3) is 0 Å². The van der Waals surface area contributed by atoms with Crippen LogP contribution in [0.4, 0.5) is 13.2 Å². The van der Waals surface area contributed by atoms with E-state index in [0.29, 0.717) is 24.1 Å². The first-order valence-electron chi connectivity index (χ1n) is 11.3. The number of hydrogen-bond acceptors (Lipinski definition) is 7. The number of aryl methyl sites for hydroxylation is 1. The van der Waals surface area contributed by atoms with E-state index in [2.05, 4.69) is 20.2 Å². The number of rotatable bonds is 8. The van der Waals surface area contributed by atoms with E-state index in [9.17, 15) is 18.0 Å². The molecule has 1 aliphatic carbocycles. The minimum Gasteiger partial charge on any atom is -0.460 e. The zero-order chi connectivity index (χ0) is 23.4. The van der Waals surface area contributed by atoms with E-state index >= 15 is 0 Å². The Morgan fingerprint density at radius 1 is 1.33 bits per heavy atom. The van der Waals surface area contributed by atoms with Crippen molar-refractivity contribution in [3.63, 3.8) is 0 Å². The molecule has 2 aliphatic rings. The standard InChI is InChI=1S/C22H29F3N4O3S/c1-14-26-11-17(32-14)10-20(30)27-16-4-2-15(3-5-16)6-8-29-9-7-19-18(12-29)28-21(33-19)31-13-22(23,24)25/h11,15-16H,2-10,12-13H2,1H3,(H,27,30)/t15-,16-. The number of oxazole rings is 1. The van der Waals surface area contributed by atoms with Gasteiger partial charge in [-0.2, -0.15) is 13.2 Å². The highest BCUT2D eigenvalue weighted by molar-refractivity contribution is 7.13. The summed E-state index contributed by atoms with van der Waals surface area (Å²) in [6.45, 7) is 2.95. The van der Waals surface area contributed by atoms with E-state index in [1.807, 2.05) is 0 Å². The second kappa shape index (κ2) is 10.4. The maximum absolute atomic E-state index is 12.4. The zero-order valence-electron chi connectivity index (χ0n) is 18.6. The summed E-state index contributed by atoms with van der Waals surface area (Å²) in [5.74, 6) is 1.74. The maximum atomic E-state index is 12.4. The van der Waals surface area contributed by atoms with Gasteiger partial charge < -0.3 is 14.5 Å². The first-order valence-corrected chi connectivity index (χ1v) is 12.2. The van der Waals surface area contributed by atoms with Crippen LogP contribution in [0, 0.1) is 12.8 Å². The summed E-state index contributed by atoms with van der Waals surface area (Å²) < 4.78 is 47.2. The van der Waals surface area contributed by atoms with Gasteiger partial charge in [-0.25, -0.2) is 9.97 Å². The van der Waals surface area contributed by atoms with Crippen LogP contribution < -0.4 is 10.1 Å². The van der Waals surface area contributed by atoms with Crippen LogP contribution in [0.5, 0.6) is 5.19 Å². The van der Waals surface area contributed by atoms with Crippen molar-refractivity contribution in [3.05, 3.63) is 28.4 Å². The fourth-order valence-corrected chi connectivity index (χ4v) is 5.42. The molecule has 182 valence electrons. The van der Waals surface area contributed by atoms with Crippen molar-refractivity contribution in [2.75, 3.05) is 19.7 Å². The van der Waals surface area contributed by atoms with Gasteiger partial charge in [0.2, 0.25) is 5.91 Å². The smallest absolute Gasteiger partial charge is 0.422 e. The highest BCUT2D eigenvalue weighted by atomic mass is 32.1. The molecule has 1 N–H and O–H groups in total. The average Bonchev–Trinajstić information content (AvgIpc) is 3.36. The minimum atomic E-state index is -4.35. The molecule has 33 heavy (non-hydrogen) atoms. The molecule has 2 aromatic heterocycles. The van der Waals surface area contributed by atoms with Crippen LogP contribution in [-0.4, -0.2) is 52.7 Å². The number of fused-ring (bicyclic) bond motifs is 1. The lowest BCUT2D eigenvalue weighted by atomic mass is 9.84. The SMILES string of the molecule is Cc1ncc(CC(=O)N[C@H]2CC[C@H](CCN3CCc4sc(OCC(F)(F)F)nc4C3)CC2)o1. The molecule has 0 radical (unpaired) electrons. The molecule has 1 amide bonds. The van der Waals surface area contributed by atoms with Gasteiger partial charge in [0.05, 0.1) is 18.3 Å². The van der Waals surface area contributed by atoms with E-state index in [1.54, 1.807) is 13.1 Å². The molecular formula is C22H29F3N4O3S. The Balaban J connectivity index is 1.15. The molecule has 1 aliphatic heterocycles.